The largest absolute Gasteiger partial charge is 0.478 e. The quantitative estimate of drug-likeness (QED) is 0.820. The molecule has 2 aliphatic rings. The van der Waals surface area contributed by atoms with Crippen LogP contribution in [-0.4, -0.2) is 54.3 Å². The molecule has 8 nitrogen and oxygen atoms in total. The van der Waals surface area contributed by atoms with Gasteiger partial charge in [0.2, 0.25) is 5.91 Å². The number of nitrogens with one attached hydrogen (secondary N) is 1. The van der Waals surface area contributed by atoms with Gasteiger partial charge in [-0.3, -0.25) is 4.79 Å². The van der Waals surface area contributed by atoms with E-state index in [1.807, 2.05) is 13.0 Å². The zero-order chi connectivity index (χ0) is 20.5. The predicted octanol–water partition coefficient (Wildman–Crippen LogP) is 2.87. The zero-order valence-corrected chi connectivity index (χ0v) is 16.5. The van der Waals surface area contributed by atoms with Gasteiger partial charge in [-0.25, -0.2) is 9.78 Å². The second kappa shape index (κ2) is 7.71. The number of rotatable bonds is 4. The summed E-state index contributed by atoms with van der Waals surface area (Å²) in [6, 6.07) is 8.47. The highest BCUT2D eigenvalue weighted by Crippen LogP contribution is 2.39. The lowest BCUT2D eigenvalue weighted by Gasteiger charge is -2.45. The van der Waals surface area contributed by atoms with E-state index < -0.39 is 5.97 Å². The molecule has 1 saturated heterocycles. The maximum atomic E-state index is 12.8. The molecule has 1 unspecified atom stereocenters. The summed E-state index contributed by atoms with van der Waals surface area (Å²) in [7, 11) is 1.77. The van der Waals surface area contributed by atoms with Crippen LogP contribution in [0.3, 0.4) is 0 Å². The molecule has 1 amide bonds. The molecule has 2 aliphatic heterocycles. The second-order valence-corrected chi connectivity index (χ2v) is 7.39. The third-order valence-corrected chi connectivity index (χ3v) is 5.57. The zero-order valence-electron chi connectivity index (χ0n) is 16.5. The number of pyridine rings is 1. The van der Waals surface area contributed by atoms with Gasteiger partial charge in [-0.1, -0.05) is 6.07 Å². The summed E-state index contributed by atoms with van der Waals surface area (Å²) in [6.45, 7) is 3.30. The first-order valence-corrected chi connectivity index (χ1v) is 9.70. The number of aromatic carboxylic acids is 1. The number of hydrogen-bond acceptors (Lipinski definition) is 6. The minimum Gasteiger partial charge on any atom is -0.478 e. The van der Waals surface area contributed by atoms with Crippen molar-refractivity contribution < 1.29 is 19.4 Å². The van der Waals surface area contributed by atoms with Crippen molar-refractivity contribution in [2.24, 2.45) is 0 Å². The number of likely N-dealkylation sites (N-methyl/N-ethyl adjacent to an activating group) is 1. The summed E-state index contributed by atoms with van der Waals surface area (Å²) >= 11 is 0. The Kier molecular flexibility index (Phi) is 5.10. The molecule has 8 heteroatoms. The fraction of sp³-hybridized carbons (Fsp3) is 0.381. The number of aromatic nitrogens is 1. The van der Waals surface area contributed by atoms with E-state index >= 15 is 0 Å². The minimum atomic E-state index is -0.980. The van der Waals surface area contributed by atoms with Crippen molar-refractivity contribution >= 4 is 34.8 Å². The molecule has 1 atom stereocenters. The SMILES string of the molecule is CC1C(=O)N(C)c2cnc(Nc3cccc(C(=O)O)c3)cc2N1C1CCOCC1. The molecule has 1 fully saturated rings. The van der Waals surface area contributed by atoms with E-state index in [9.17, 15) is 14.7 Å². The van der Waals surface area contributed by atoms with Gasteiger partial charge in [0.1, 0.15) is 11.9 Å². The molecule has 2 aromatic rings. The van der Waals surface area contributed by atoms with Crippen molar-refractivity contribution in [2.75, 3.05) is 35.4 Å². The van der Waals surface area contributed by atoms with Crippen LogP contribution >= 0.6 is 0 Å². The van der Waals surface area contributed by atoms with E-state index in [1.165, 1.54) is 0 Å². The molecule has 4 rings (SSSR count). The molecule has 2 N–H and O–H groups in total. The number of carboxylic acids is 1. The maximum absolute atomic E-state index is 12.8. The Morgan fingerprint density at radius 1 is 1.24 bits per heavy atom. The summed E-state index contributed by atoms with van der Waals surface area (Å²) in [6.07, 6.45) is 3.42. The van der Waals surface area contributed by atoms with Gasteiger partial charge in [0.05, 0.1) is 23.1 Å². The topological polar surface area (TPSA) is 95.0 Å². The fourth-order valence-corrected chi connectivity index (χ4v) is 4.05. The molecule has 29 heavy (non-hydrogen) atoms. The molecule has 0 aliphatic carbocycles. The number of benzene rings is 1. The summed E-state index contributed by atoms with van der Waals surface area (Å²) in [5.41, 5.74) is 2.56. The number of carbonyl (C=O) groups is 2. The Morgan fingerprint density at radius 2 is 2.00 bits per heavy atom. The van der Waals surface area contributed by atoms with Crippen LogP contribution in [0.1, 0.15) is 30.1 Å². The lowest BCUT2D eigenvalue weighted by Crippen LogP contribution is -2.55. The number of ether oxygens (including phenoxy) is 1. The van der Waals surface area contributed by atoms with Crippen LogP contribution in [0.5, 0.6) is 0 Å². The standard InChI is InChI=1S/C21H24N4O4/c1-13-20(26)24(2)18-12-22-19(23-15-5-3-4-14(10-15)21(27)28)11-17(18)25(13)16-6-8-29-9-7-16/h3-5,10-13,16H,6-9H2,1-2H3,(H,22,23)(H,27,28). The molecule has 0 bridgehead atoms. The molecule has 0 radical (unpaired) electrons. The molecule has 1 aromatic heterocycles. The lowest BCUT2D eigenvalue weighted by atomic mass is 10.00. The fourth-order valence-electron chi connectivity index (χ4n) is 4.05. The number of hydrogen-bond donors (Lipinski definition) is 2. The van der Waals surface area contributed by atoms with Crippen molar-refractivity contribution in [3.63, 3.8) is 0 Å². The summed E-state index contributed by atoms with van der Waals surface area (Å²) in [5, 5.41) is 12.4. The summed E-state index contributed by atoms with van der Waals surface area (Å²) in [4.78, 5) is 32.3. The number of anilines is 4. The Labute approximate surface area is 169 Å². The average Bonchev–Trinajstić information content (AvgIpc) is 2.73. The van der Waals surface area contributed by atoms with Crippen molar-refractivity contribution in [3.05, 3.63) is 42.1 Å². The first kappa shape index (κ1) is 19.2. The van der Waals surface area contributed by atoms with Gasteiger partial charge in [0.25, 0.3) is 0 Å². The molecule has 0 spiro atoms. The van der Waals surface area contributed by atoms with E-state index in [0.717, 1.165) is 24.2 Å². The van der Waals surface area contributed by atoms with Gasteiger partial charge >= 0.3 is 5.97 Å². The van der Waals surface area contributed by atoms with Gasteiger partial charge in [0, 0.05) is 38.1 Å². The van der Waals surface area contributed by atoms with Crippen molar-refractivity contribution in [1.29, 1.82) is 0 Å². The van der Waals surface area contributed by atoms with Gasteiger partial charge in [-0.05, 0) is 38.0 Å². The van der Waals surface area contributed by atoms with E-state index in [-0.39, 0.29) is 23.6 Å². The highest BCUT2D eigenvalue weighted by Gasteiger charge is 2.38. The van der Waals surface area contributed by atoms with Gasteiger partial charge in [0.15, 0.2) is 0 Å². The van der Waals surface area contributed by atoms with Gasteiger partial charge in [-0.15, -0.1) is 0 Å². The first-order valence-electron chi connectivity index (χ1n) is 9.70. The highest BCUT2D eigenvalue weighted by atomic mass is 16.5. The van der Waals surface area contributed by atoms with Gasteiger partial charge < -0.3 is 25.0 Å². The predicted molar refractivity (Wildman–Crippen MR) is 110 cm³/mol. The lowest BCUT2D eigenvalue weighted by molar-refractivity contribution is -0.119. The molecular weight excluding hydrogens is 372 g/mol. The van der Waals surface area contributed by atoms with Crippen LogP contribution in [0.4, 0.5) is 22.9 Å². The molecule has 3 heterocycles. The summed E-state index contributed by atoms with van der Waals surface area (Å²) < 4.78 is 5.50. The minimum absolute atomic E-state index is 0.0423. The van der Waals surface area contributed by atoms with E-state index in [4.69, 9.17) is 4.74 Å². The summed E-state index contributed by atoms with van der Waals surface area (Å²) in [5.74, 6) is -0.342. The van der Waals surface area contributed by atoms with Crippen LogP contribution < -0.4 is 15.1 Å². The van der Waals surface area contributed by atoms with E-state index in [0.29, 0.717) is 24.7 Å². The smallest absolute Gasteiger partial charge is 0.335 e. The number of amides is 1. The Hall–Kier alpha value is -3.13. The number of carboxylic acid groups (broad SMARTS) is 1. The highest BCUT2D eigenvalue weighted by molar-refractivity contribution is 6.05. The molecular formula is C21H24N4O4. The monoisotopic (exact) mass is 396 g/mol. The van der Waals surface area contributed by atoms with Crippen LogP contribution in [0.15, 0.2) is 36.5 Å². The van der Waals surface area contributed by atoms with Crippen LogP contribution in [-0.2, 0) is 9.53 Å². The average molecular weight is 396 g/mol. The van der Waals surface area contributed by atoms with E-state index in [2.05, 4.69) is 15.2 Å². The van der Waals surface area contributed by atoms with Crippen molar-refractivity contribution in [3.8, 4) is 0 Å². The maximum Gasteiger partial charge on any atom is 0.335 e. The number of fused-ring (bicyclic) bond motifs is 1. The normalized spacial score (nSPS) is 19.8. The third kappa shape index (κ3) is 3.63. The Balaban J connectivity index is 1.69. The van der Waals surface area contributed by atoms with Crippen LogP contribution in [0, 0.1) is 0 Å². The van der Waals surface area contributed by atoms with Gasteiger partial charge in [-0.2, -0.15) is 0 Å². The second-order valence-electron chi connectivity index (χ2n) is 7.39. The van der Waals surface area contributed by atoms with Crippen molar-refractivity contribution in [1.82, 2.24) is 4.98 Å². The number of carbonyl (C=O) groups excluding carboxylic acids is 1. The van der Waals surface area contributed by atoms with Crippen LogP contribution in [0.2, 0.25) is 0 Å². The molecule has 0 saturated carbocycles. The van der Waals surface area contributed by atoms with Crippen molar-refractivity contribution in [2.45, 2.75) is 31.8 Å². The molecule has 152 valence electrons. The van der Waals surface area contributed by atoms with Crippen LogP contribution in [0.25, 0.3) is 0 Å². The Morgan fingerprint density at radius 3 is 2.72 bits per heavy atom. The number of nitrogens with zero attached hydrogens (tertiary/aromatic N) is 3. The molecule has 1 aromatic carbocycles. The Bertz CT molecular complexity index is 942. The first-order chi connectivity index (χ1) is 14.0. The third-order valence-electron chi connectivity index (χ3n) is 5.57. The van der Waals surface area contributed by atoms with E-state index in [1.54, 1.807) is 42.4 Å².